The van der Waals surface area contributed by atoms with E-state index in [1.165, 1.54) is 19.3 Å². The van der Waals surface area contributed by atoms with Crippen LogP contribution in [0, 0.1) is 17.8 Å². The Bertz CT molecular complexity index is 315. The van der Waals surface area contributed by atoms with Crippen molar-refractivity contribution in [3.8, 4) is 0 Å². The largest absolute Gasteiger partial charge is 0.411 e. The van der Waals surface area contributed by atoms with E-state index in [4.69, 9.17) is 0 Å². The number of hydrogen-bond donors (Lipinski definition) is 2. The van der Waals surface area contributed by atoms with Gasteiger partial charge in [-0.1, -0.05) is 24.4 Å². The van der Waals surface area contributed by atoms with E-state index in [1.54, 1.807) is 0 Å². The molecule has 90 valence electrons. The third-order valence-corrected chi connectivity index (χ3v) is 5.20. The van der Waals surface area contributed by atoms with Crippen LogP contribution in [0.5, 0.6) is 0 Å². The van der Waals surface area contributed by atoms with Crippen LogP contribution < -0.4 is 0 Å². The molecule has 4 atom stereocenters. The maximum Gasteiger partial charge on any atom is 0.0757 e. The van der Waals surface area contributed by atoms with Crippen LogP contribution in [0.25, 0.3) is 0 Å². The first-order valence-corrected chi connectivity index (χ1v) is 6.70. The van der Waals surface area contributed by atoms with Crippen LogP contribution >= 0.6 is 0 Å². The highest BCUT2D eigenvalue weighted by Gasteiger charge is 2.54. The van der Waals surface area contributed by atoms with Crippen LogP contribution in [-0.4, -0.2) is 21.6 Å². The number of fused-ring (bicyclic) bond motifs is 4. The van der Waals surface area contributed by atoms with Crippen LogP contribution in [0.2, 0.25) is 0 Å². The zero-order valence-electron chi connectivity index (χ0n) is 9.73. The molecule has 16 heavy (non-hydrogen) atoms. The highest BCUT2D eigenvalue weighted by molar-refractivity contribution is 5.91. The molecule has 3 rings (SSSR count). The lowest BCUT2D eigenvalue weighted by molar-refractivity contribution is -0.102. The summed E-state index contributed by atoms with van der Waals surface area (Å²) in [5.41, 5.74) is 0.364. The minimum atomic E-state index is -0.545. The molecule has 3 aliphatic carbocycles. The fourth-order valence-corrected chi connectivity index (χ4v) is 4.42. The summed E-state index contributed by atoms with van der Waals surface area (Å²) in [6, 6.07) is 0. The van der Waals surface area contributed by atoms with Crippen molar-refractivity contribution in [2.24, 2.45) is 22.9 Å². The maximum atomic E-state index is 10.9. The fraction of sp³-hybridized carbons (Fsp3) is 0.923. The summed E-state index contributed by atoms with van der Waals surface area (Å²) in [5.74, 6) is 1.06. The number of nitrogens with zero attached hydrogens (tertiary/aromatic N) is 1. The molecule has 0 aliphatic heterocycles. The number of rotatable bonds is 0. The van der Waals surface area contributed by atoms with Crippen molar-refractivity contribution in [2.45, 2.75) is 57.0 Å². The molecule has 0 aromatic carbocycles. The molecular weight excluding hydrogens is 202 g/mol. The second-order valence-corrected chi connectivity index (χ2v) is 5.87. The topological polar surface area (TPSA) is 52.8 Å². The van der Waals surface area contributed by atoms with Gasteiger partial charge in [0.2, 0.25) is 0 Å². The predicted octanol–water partition coefficient (Wildman–Crippen LogP) is 2.56. The molecule has 3 saturated carbocycles. The fourth-order valence-electron chi connectivity index (χ4n) is 4.42. The van der Waals surface area contributed by atoms with Gasteiger partial charge in [0.25, 0.3) is 0 Å². The molecule has 2 N–H and O–H groups in total. The van der Waals surface area contributed by atoms with E-state index >= 15 is 0 Å². The smallest absolute Gasteiger partial charge is 0.0757 e. The van der Waals surface area contributed by atoms with Crippen LogP contribution in [-0.2, 0) is 0 Å². The van der Waals surface area contributed by atoms with Crippen molar-refractivity contribution >= 4 is 5.71 Å². The van der Waals surface area contributed by atoms with Gasteiger partial charge in [0.1, 0.15) is 0 Å². The minimum absolute atomic E-state index is 0.148. The van der Waals surface area contributed by atoms with E-state index in [0.717, 1.165) is 37.8 Å². The summed E-state index contributed by atoms with van der Waals surface area (Å²) in [7, 11) is 0. The average molecular weight is 223 g/mol. The van der Waals surface area contributed by atoms with Gasteiger partial charge in [-0.2, -0.15) is 0 Å². The molecule has 3 nitrogen and oxygen atoms in total. The molecule has 0 spiro atoms. The first kappa shape index (κ1) is 10.6. The molecule has 3 fully saturated rings. The third kappa shape index (κ3) is 1.33. The molecule has 2 unspecified atom stereocenters. The Morgan fingerprint density at radius 2 is 2.00 bits per heavy atom. The standard InChI is InChI=1S/C13H21NO2/c15-13-7-2-1-5-10(13)8-9-4-3-6-11(13)12(9)14-16/h9-11,15-16H,1-8H2/t9?,10?,11-,13-/m1/s1. The van der Waals surface area contributed by atoms with E-state index in [1.807, 2.05) is 0 Å². The maximum absolute atomic E-state index is 10.9. The Kier molecular flexibility index (Phi) is 2.46. The lowest BCUT2D eigenvalue weighted by Crippen LogP contribution is -2.57. The van der Waals surface area contributed by atoms with Gasteiger partial charge in [0.15, 0.2) is 0 Å². The Morgan fingerprint density at radius 1 is 1.12 bits per heavy atom. The first-order valence-electron chi connectivity index (χ1n) is 6.70. The average Bonchev–Trinajstić information content (AvgIpc) is 2.30. The summed E-state index contributed by atoms with van der Waals surface area (Å²) in [5, 5.41) is 23.6. The van der Waals surface area contributed by atoms with Crippen LogP contribution in [0.3, 0.4) is 0 Å². The molecule has 0 radical (unpaired) electrons. The lowest BCUT2D eigenvalue weighted by atomic mass is 9.54. The summed E-state index contributed by atoms with van der Waals surface area (Å²) in [4.78, 5) is 0. The minimum Gasteiger partial charge on any atom is -0.411 e. The molecule has 0 saturated heterocycles. The normalized spacial score (nSPS) is 50.1. The van der Waals surface area contributed by atoms with Crippen molar-refractivity contribution in [2.75, 3.05) is 0 Å². The molecule has 0 amide bonds. The van der Waals surface area contributed by atoms with E-state index in [2.05, 4.69) is 5.16 Å². The molecule has 0 aromatic rings. The third-order valence-electron chi connectivity index (χ3n) is 5.20. The molecule has 0 aromatic heterocycles. The van der Waals surface area contributed by atoms with Gasteiger partial charge in [-0.15, -0.1) is 0 Å². The van der Waals surface area contributed by atoms with Gasteiger partial charge >= 0.3 is 0 Å². The zero-order chi connectivity index (χ0) is 11.2. The van der Waals surface area contributed by atoms with Gasteiger partial charge in [0, 0.05) is 11.8 Å². The Morgan fingerprint density at radius 3 is 2.81 bits per heavy atom. The van der Waals surface area contributed by atoms with Gasteiger partial charge in [-0.3, -0.25) is 0 Å². The van der Waals surface area contributed by atoms with Gasteiger partial charge in [-0.25, -0.2) is 0 Å². The van der Waals surface area contributed by atoms with Crippen molar-refractivity contribution < 1.29 is 10.3 Å². The highest BCUT2D eigenvalue weighted by Crippen LogP contribution is 2.52. The monoisotopic (exact) mass is 223 g/mol. The van der Waals surface area contributed by atoms with Crippen LogP contribution in [0.1, 0.15) is 51.4 Å². The molecule has 3 heteroatoms. The first-order chi connectivity index (χ1) is 7.75. The number of aliphatic hydroxyl groups is 1. The van der Waals surface area contributed by atoms with Crippen molar-refractivity contribution in [3.63, 3.8) is 0 Å². The quantitative estimate of drug-likeness (QED) is 0.490. The molecule has 3 aliphatic rings. The SMILES string of the molecule is ON=C1C2CCC[C@H]1[C@@]1(O)CCCCC1C2. The lowest BCUT2D eigenvalue weighted by Gasteiger charge is -2.53. The summed E-state index contributed by atoms with van der Waals surface area (Å²) >= 11 is 0. The van der Waals surface area contributed by atoms with E-state index in [0.29, 0.717) is 11.8 Å². The van der Waals surface area contributed by atoms with E-state index in [9.17, 15) is 10.3 Å². The van der Waals surface area contributed by atoms with Crippen LogP contribution in [0.4, 0.5) is 0 Å². The van der Waals surface area contributed by atoms with E-state index < -0.39 is 5.60 Å². The van der Waals surface area contributed by atoms with Gasteiger partial charge < -0.3 is 10.3 Å². The van der Waals surface area contributed by atoms with Crippen molar-refractivity contribution in [3.05, 3.63) is 0 Å². The van der Waals surface area contributed by atoms with Crippen molar-refractivity contribution in [1.29, 1.82) is 0 Å². The Hall–Kier alpha value is -0.570. The number of oxime groups is 1. The summed E-state index contributed by atoms with van der Waals surface area (Å²) in [6.45, 7) is 0. The Balaban J connectivity index is 1.96. The Labute approximate surface area is 96.5 Å². The summed E-state index contributed by atoms with van der Waals surface area (Å²) < 4.78 is 0. The summed E-state index contributed by atoms with van der Waals surface area (Å²) in [6.07, 6.45) is 8.88. The van der Waals surface area contributed by atoms with E-state index in [-0.39, 0.29) is 5.92 Å². The zero-order valence-corrected chi connectivity index (χ0v) is 9.73. The highest BCUT2D eigenvalue weighted by atomic mass is 16.4. The van der Waals surface area contributed by atoms with Crippen molar-refractivity contribution in [1.82, 2.24) is 0 Å². The second kappa shape index (κ2) is 3.73. The second-order valence-electron chi connectivity index (χ2n) is 5.87. The van der Waals surface area contributed by atoms with Crippen LogP contribution in [0.15, 0.2) is 5.16 Å². The molecular formula is C13H21NO2. The molecule has 0 heterocycles. The molecule has 2 bridgehead atoms. The van der Waals surface area contributed by atoms with Gasteiger partial charge in [0.05, 0.1) is 11.3 Å². The van der Waals surface area contributed by atoms with Gasteiger partial charge in [-0.05, 0) is 38.0 Å². The number of hydrogen-bond acceptors (Lipinski definition) is 3. The predicted molar refractivity (Wildman–Crippen MR) is 61.6 cm³/mol.